The molecule has 0 aromatic rings. The molecule has 0 fully saturated rings. The van der Waals surface area contributed by atoms with Gasteiger partial charge in [0.15, 0.2) is 0 Å². The van der Waals surface area contributed by atoms with Crippen molar-refractivity contribution in [3.63, 3.8) is 0 Å². The molecule has 0 aliphatic heterocycles. The van der Waals surface area contributed by atoms with Gasteiger partial charge in [-0.15, -0.1) is 0 Å². The van der Waals surface area contributed by atoms with Gasteiger partial charge in [-0.25, -0.2) is 4.79 Å². The van der Waals surface area contributed by atoms with Gasteiger partial charge in [0.05, 0.1) is 0 Å². The van der Waals surface area contributed by atoms with Crippen LogP contribution in [0.3, 0.4) is 0 Å². The second-order valence-electron chi connectivity index (χ2n) is 5.94. The lowest BCUT2D eigenvalue weighted by Crippen LogP contribution is -2.32. The van der Waals surface area contributed by atoms with E-state index in [0.29, 0.717) is 6.54 Å². The van der Waals surface area contributed by atoms with Crippen molar-refractivity contribution in [3.8, 4) is 0 Å². The van der Waals surface area contributed by atoms with E-state index in [0.717, 1.165) is 6.42 Å². The number of unbranched alkanes of at least 4 members (excludes halogenated alkanes) is 5. The Morgan fingerprint density at radius 2 is 1.70 bits per heavy atom. The summed E-state index contributed by atoms with van der Waals surface area (Å²) in [4.78, 5) is 11.3. The maximum Gasteiger partial charge on any atom is 0.407 e. The van der Waals surface area contributed by atoms with E-state index in [1.165, 1.54) is 32.1 Å². The first-order chi connectivity index (χ1) is 9.45. The van der Waals surface area contributed by atoms with Crippen LogP contribution in [0.1, 0.15) is 66.2 Å². The number of allylic oxidation sites excluding steroid dienone is 3. The summed E-state index contributed by atoms with van der Waals surface area (Å²) in [5.74, 6) is 0. The molecule has 1 N–H and O–H groups in total. The van der Waals surface area contributed by atoms with E-state index in [4.69, 9.17) is 4.74 Å². The molecule has 0 atom stereocenters. The summed E-state index contributed by atoms with van der Waals surface area (Å²) < 4.78 is 5.13. The highest BCUT2D eigenvalue weighted by atomic mass is 16.6. The van der Waals surface area contributed by atoms with Crippen LogP contribution >= 0.6 is 0 Å². The van der Waals surface area contributed by atoms with Gasteiger partial charge in [-0.3, -0.25) is 0 Å². The first kappa shape index (κ1) is 18.8. The topological polar surface area (TPSA) is 38.3 Å². The van der Waals surface area contributed by atoms with Crippen LogP contribution < -0.4 is 5.32 Å². The van der Waals surface area contributed by atoms with Gasteiger partial charge in [-0.05, 0) is 33.6 Å². The number of hydrogen-bond acceptors (Lipinski definition) is 2. The highest BCUT2D eigenvalue weighted by Crippen LogP contribution is 2.06. The molecule has 0 radical (unpaired) electrons. The zero-order valence-electron chi connectivity index (χ0n) is 13.6. The summed E-state index contributed by atoms with van der Waals surface area (Å²) in [6, 6.07) is 0. The number of carbonyl (C=O) groups excluding carboxylic acids is 1. The zero-order valence-corrected chi connectivity index (χ0v) is 13.6. The highest BCUT2D eigenvalue weighted by Gasteiger charge is 2.14. The SMILES string of the molecule is CCCCCCCC=CC=CCNC(=O)OC(C)(C)C. The molecule has 3 heteroatoms. The van der Waals surface area contributed by atoms with Crippen LogP contribution in [0.2, 0.25) is 0 Å². The van der Waals surface area contributed by atoms with Crippen molar-refractivity contribution in [2.75, 3.05) is 6.54 Å². The lowest BCUT2D eigenvalue weighted by molar-refractivity contribution is 0.0534. The van der Waals surface area contributed by atoms with Crippen molar-refractivity contribution in [2.45, 2.75) is 71.8 Å². The molecule has 0 spiro atoms. The first-order valence-electron chi connectivity index (χ1n) is 7.74. The molecule has 0 aliphatic rings. The van der Waals surface area contributed by atoms with Crippen molar-refractivity contribution < 1.29 is 9.53 Å². The Labute approximate surface area is 124 Å². The molecule has 0 rings (SSSR count). The van der Waals surface area contributed by atoms with E-state index >= 15 is 0 Å². The fourth-order valence-corrected chi connectivity index (χ4v) is 1.64. The van der Waals surface area contributed by atoms with Crippen LogP contribution in [0.15, 0.2) is 24.3 Å². The summed E-state index contributed by atoms with van der Waals surface area (Å²) in [5, 5.41) is 2.68. The lowest BCUT2D eigenvalue weighted by Gasteiger charge is -2.19. The number of ether oxygens (including phenoxy) is 1. The molecular formula is C17H31NO2. The molecule has 20 heavy (non-hydrogen) atoms. The average molecular weight is 281 g/mol. The summed E-state index contributed by atoms with van der Waals surface area (Å²) in [7, 11) is 0. The van der Waals surface area contributed by atoms with Gasteiger partial charge in [0.25, 0.3) is 0 Å². The van der Waals surface area contributed by atoms with Crippen molar-refractivity contribution in [1.82, 2.24) is 5.32 Å². The third-order valence-electron chi connectivity index (χ3n) is 2.62. The van der Waals surface area contributed by atoms with Crippen LogP contribution in [-0.4, -0.2) is 18.2 Å². The van der Waals surface area contributed by atoms with Gasteiger partial charge in [0.1, 0.15) is 5.60 Å². The third-order valence-corrected chi connectivity index (χ3v) is 2.62. The minimum absolute atomic E-state index is 0.373. The van der Waals surface area contributed by atoms with Gasteiger partial charge in [0, 0.05) is 6.54 Å². The predicted octanol–water partition coefficient (Wildman–Crippen LogP) is 4.98. The minimum Gasteiger partial charge on any atom is -0.444 e. The molecule has 1 amide bonds. The van der Waals surface area contributed by atoms with Crippen LogP contribution in [0, 0.1) is 0 Å². The molecule has 0 unspecified atom stereocenters. The number of amides is 1. The van der Waals surface area contributed by atoms with Gasteiger partial charge >= 0.3 is 6.09 Å². The number of hydrogen-bond donors (Lipinski definition) is 1. The lowest BCUT2D eigenvalue weighted by atomic mass is 10.1. The fraction of sp³-hybridized carbons (Fsp3) is 0.706. The summed E-state index contributed by atoms with van der Waals surface area (Å²) in [6.45, 7) is 8.29. The van der Waals surface area contributed by atoms with Crippen LogP contribution in [0.25, 0.3) is 0 Å². The Bertz CT molecular complexity index is 301. The number of rotatable bonds is 9. The normalized spacial score (nSPS) is 12.2. The minimum atomic E-state index is -0.439. The quantitative estimate of drug-likeness (QED) is 0.478. The Morgan fingerprint density at radius 3 is 2.35 bits per heavy atom. The van der Waals surface area contributed by atoms with E-state index in [1.807, 2.05) is 39.0 Å². The molecule has 0 heterocycles. The zero-order chi connectivity index (χ0) is 15.3. The summed E-state index contributed by atoms with van der Waals surface area (Å²) >= 11 is 0. The van der Waals surface area contributed by atoms with E-state index in [-0.39, 0.29) is 6.09 Å². The maximum absolute atomic E-state index is 11.3. The molecule has 0 aromatic carbocycles. The molecule has 0 bridgehead atoms. The number of nitrogens with one attached hydrogen (secondary N) is 1. The maximum atomic E-state index is 11.3. The van der Waals surface area contributed by atoms with E-state index in [9.17, 15) is 4.79 Å². The molecular weight excluding hydrogens is 250 g/mol. The smallest absolute Gasteiger partial charge is 0.407 e. The van der Waals surface area contributed by atoms with Crippen LogP contribution in [0.5, 0.6) is 0 Å². The molecule has 0 saturated heterocycles. The molecule has 0 saturated carbocycles. The van der Waals surface area contributed by atoms with Crippen LogP contribution in [-0.2, 0) is 4.74 Å². The molecule has 3 nitrogen and oxygen atoms in total. The third kappa shape index (κ3) is 14.8. The van der Waals surface area contributed by atoms with Crippen molar-refractivity contribution in [2.24, 2.45) is 0 Å². The van der Waals surface area contributed by atoms with Crippen LogP contribution in [0.4, 0.5) is 4.79 Å². The fourth-order valence-electron chi connectivity index (χ4n) is 1.64. The van der Waals surface area contributed by atoms with Crippen molar-refractivity contribution in [1.29, 1.82) is 0 Å². The van der Waals surface area contributed by atoms with E-state index in [2.05, 4.69) is 18.3 Å². The monoisotopic (exact) mass is 281 g/mol. The Hall–Kier alpha value is -1.25. The second kappa shape index (κ2) is 11.6. The Morgan fingerprint density at radius 1 is 1.05 bits per heavy atom. The highest BCUT2D eigenvalue weighted by molar-refractivity contribution is 5.67. The van der Waals surface area contributed by atoms with Crippen molar-refractivity contribution >= 4 is 6.09 Å². The molecule has 0 aliphatic carbocycles. The van der Waals surface area contributed by atoms with Gasteiger partial charge < -0.3 is 10.1 Å². The van der Waals surface area contributed by atoms with Gasteiger partial charge in [0.2, 0.25) is 0 Å². The number of carbonyl (C=O) groups is 1. The van der Waals surface area contributed by atoms with E-state index < -0.39 is 5.60 Å². The summed E-state index contributed by atoms with van der Waals surface area (Å²) in [6.07, 6.45) is 15.4. The summed E-state index contributed by atoms with van der Waals surface area (Å²) in [5.41, 5.74) is -0.439. The standard InChI is InChI=1S/C17H31NO2/c1-5-6-7-8-9-10-11-12-13-14-15-18-16(19)20-17(2,3)4/h11-14H,5-10,15H2,1-4H3,(H,18,19). The Balaban J connectivity index is 3.50. The van der Waals surface area contributed by atoms with Crippen molar-refractivity contribution in [3.05, 3.63) is 24.3 Å². The average Bonchev–Trinajstić information content (AvgIpc) is 2.34. The first-order valence-corrected chi connectivity index (χ1v) is 7.74. The number of alkyl carbamates (subject to hydrolysis) is 1. The Kier molecular flexibility index (Phi) is 10.8. The predicted molar refractivity (Wildman–Crippen MR) is 85.9 cm³/mol. The molecule has 0 aromatic heterocycles. The second-order valence-corrected chi connectivity index (χ2v) is 5.94. The largest absolute Gasteiger partial charge is 0.444 e. The molecule has 116 valence electrons. The van der Waals surface area contributed by atoms with Gasteiger partial charge in [-0.2, -0.15) is 0 Å². The van der Waals surface area contributed by atoms with E-state index in [1.54, 1.807) is 0 Å². The van der Waals surface area contributed by atoms with Gasteiger partial charge in [-0.1, -0.05) is 56.9 Å².